The average Bonchev–Trinajstić information content (AvgIpc) is 2.66. The van der Waals surface area contributed by atoms with Crippen LogP contribution in [0.3, 0.4) is 0 Å². The van der Waals surface area contributed by atoms with E-state index in [2.05, 4.69) is 12.2 Å². The van der Waals surface area contributed by atoms with Gasteiger partial charge in [-0.3, -0.25) is 4.79 Å². The van der Waals surface area contributed by atoms with Crippen molar-refractivity contribution in [1.82, 2.24) is 0 Å². The van der Waals surface area contributed by atoms with Crippen molar-refractivity contribution < 1.29 is 23.8 Å². The molecule has 0 aliphatic rings. The minimum atomic E-state index is -0.518. The van der Waals surface area contributed by atoms with Crippen molar-refractivity contribution >= 4 is 17.6 Å². The Labute approximate surface area is 155 Å². The van der Waals surface area contributed by atoms with Gasteiger partial charge >= 0.3 is 5.97 Å². The van der Waals surface area contributed by atoms with Crippen LogP contribution in [-0.2, 0) is 14.3 Å². The van der Waals surface area contributed by atoms with Crippen molar-refractivity contribution in [2.45, 2.75) is 45.4 Å². The van der Waals surface area contributed by atoms with E-state index >= 15 is 0 Å². The largest absolute Gasteiger partial charge is 0.497 e. The number of esters is 1. The van der Waals surface area contributed by atoms with Crippen molar-refractivity contribution in [2.24, 2.45) is 0 Å². The van der Waals surface area contributed by atoms with E-state index in [0.717, 1.165) is 31.4 Å². The molecule has 0 fully saturated rings. The molecule has 0 unspecified atom stereocenters. The highest BCUT2D eigenvalue weighted by Crippen LogP contribution is 2.28. The lowest BCUT2D eigenvalue weighted by Crippen LogP contribution is -2.10. The normalized spacial score (nSPS) is 10.6. The standard InChI is InChI=1S/C20H29NO5/c1-4-5-6-7-8-9-14-26-20(23)13-12-19(22)21-17-11-10-16(24-2)15-18(17)25-3/h10-13,15H,4-9,14H2,1-3H3,(H,21,22)/b13-12+. The average molecular weight is 363 g/mol. The summed E-state index contributed by atoms with van der Waals surface area (Å²) in [4.78, 5) is 23.5. The van der Waals surface area contributed by atoms with E-state index in [-0.39, 0.29) is 0 Å². The summed E-state index contributed by atoms with van der Waals surface area (Å²) in [6.45, 7) is 2.55. The fourth-order valence-electron chi connectivity index (χ4n) is 2.32. The topological polar surface area (TPSA) is 73.9 Å². The predicted octanol–water partition coefficient (Wildman–Crippen LogP) is 4.10. The molecule has 1 rings (SSSR count). The summed E-state index contributed by atoms with van der Waals surface area (Å²) in [5, 5.41) is 2.65. The summed E-state index contributed by atoms with van der Waals surface area (Å²) < 4.78 is 15.4. The van der Waals surface area contributed by atoms with Crippen molar-refractivity contribution in [3.8, 4) is 11.5 Å². The van der Waals surface area contributed by atoms with Crippen LogP contribution in [0.25, 0.3) is 0 Å². The number of methoxy groups -OCH3 is 2. The second-order valence-electron chi connectivity index (χ2n) is 5.82. The van der Waals surface area contributed by atoms with E-state index in [9.17, 15) is 9.59 Å². The zero-order valence-electron chi connectivity index (χ0n) is 15.9. The van der Waals surface area contributed by atoms with Gasteiger partial charge in [0, 0.05) is 18.2 Å². The number of hydrogen-bond donors (Lipinski definition) is 1. The summed E-state index contributed by atoms with van der Waals surface area (Å²) in [7, 11) is 3.05. The third-order valence-electron chi connectivity index (χ3n) is 3.78. The molecule has 0 saturated carbocycles. The van der Waals surface area contributed by atoms with Crippen molar-refractivity contribution in [1.29, 1.82) is 0 Å². The molecular weight excluding hydrogens is 334 g/mol. The third kappa shape index (κ3) is 8.55. The van der Waals surface area contributed by atoms with Crippen molar-refractivity contribution in [3.63, 3.8) is 0 Å². The van der Waals surface area contributed by atoms with Crippen LogP contribution in [0.2, 0.25) is 0 Å². The maximum absolute atomic E-state index is 11.9. The maximum atomic E-state index is 11.9. The number of anilines is 1. The van der Waals surface area contributed by atoms with E-state index in [0.29, 0.717) is 23.8 Å². The highest BCUT2D eigenvalue weighted by molar-refractivity contribution is 6.03. The van der Waals surface area contributed by atoms with Crippen molar-refractivity contribution in [2.75, 3.05) is 26.1 Å². The second-order valence-corrected chi connectivity index (χ2v) is 5.82. The number of ether oxygens (including phenoxy) is 3. The Balaban J connectivity index is 2.34. The Bertz CT molecular complexity index is 598. The molecule has 6 heteroatoms. The summed E-state index contributed by atoms with van der Waals surface area (Å²) in [6, 6.07) is 5.03. The molecule has 0 aliphatic carbocycles. The van der Waals surface area contributed by atoms with Gasteiger partial charge in [0.25, 0.3) is 0 Å². The summed E-state index contributed by atoms with van der Waals surface area (Å²) in [5.41, 5.74) is 0.489. The van der Waals surface area contributed by atoms with Gasteiger partial charge in [0.05, 0.1) is 26.5 Å². The Hall–Kier alpha value is -2.50. The van der Waals surface area contributed by atoms with Gasteiger partial charge in [-0.1, -0.05) is 39.0 Å². The first-order valence-corrected chi connectivity index (χ1v) is 8.98. The molecule has 0 heterocycles. The van der Waals surface area contributed by atoms with E-state index < -0.39 is 11.9 Å². The van der Waals surface area contributed by atoms with Gasteiger partial charge in [-0.05, 0) is 18.6 Å². The summed E-state index contributed by atoms with van der Waals surface area (Å²) in [5.74, 6) is 0.130. The Morgan fingerprint density at radius 1 is 1.00 bits per heavy atom. The maximum Gasteiger partial charge on any atom is 0.330 e. The quantitative estimate of drug-likeness (QED) is 0.344. The first kappa shape index (κ1) is 21.5. The highest BCUT2D eigenvalue weighted by Gasteiger charge is 2.07. The third-order valence-corrected chi connectivity index (χ3v) is 3.78. The molecule has 26 heavy (non-hydrogen) atoms. The molecule has 0 aliphatic heterocycles. The number of carbonyl (C=O) groups excluding carboxylic acids is 2. The van der Waals surface area contributed by atoms with Crippen LogP contribution in [0.1, 0.15) is 45.4 Å². The van der Waals surface area contributed by atoms with Crippen LogP contribution in [0.5, 0.6) is 11.5 Å². The molecule has 1 amide bonds. The van der Waals surface area contributed by atoms with Gasteiger partial charge in [-0.15, -0.1) is 0 Å². The molecular formula is C20H29NO5. The number of rotatable bonds is 12. The number of unbranched alkanes of at least 4 members (excludes halogenated alkanes) is 5. The van der Waals surface area contributed by atoms with Gasteiger partial charge in [0.2, 0.25) is 5.91 Å². The fourth-order valence-corrected chi connectivity index (χ4v) is 2.32. The molecule has 0 bridgehead atoms. The van der Waals surface area contributed by atoms with E-state index in [1.807, 2.05) is 0 Å². The molecule has 6 nitrogen and oxygen atoms in total. The van der Waals surface area contributed by atoms with Gasteiger partial charge < -0.3 is 19.5 Å². The number of nitrogens with one attached hydrogen (secondary N) is 1. The molecule has 0 aromatic heterocycles. The Morgan fingerprint density at radius 2 is 1.73 bits per heavy atom. The van der Waals surface area contributed by atoms with E-state index in [1.165, 1.54) is 26.4 Å². The van der Waals surface area contributed by atoms with Gasteiger partial charge in [0.15, 0.2) is 0 Å². The lowest BCUT2D eigenvalue weighted by atomic mass is 10.1. The van der Waals surface area contributed by atoms with Crippen LogP contribution in [0.15, 0.2) is 30.4 Å². The van der Waals surface area contributed by atoms with Gasteiger partial charge in [0.1, 0.15) is 11.5 Å². The Kier molecular flexibility index (Phi) is 10.6. The zero-order chi connectivity index (χ0) is 19.2. The molecule has 0 spiro atoms. The molecule has 144 valence electrons. The van der Waals surface area contributed by atoms with E-state index in [1.54, 1.807) is 25.3 Å². The SMILES string of the molecule is CCCCCCCCOC(=O)/C=C/C(=O)Nc1ccc(OC)cc1OC. The lowest BCUT2D eigenvalue weighted by Gasteiger charge is -2.10. The molecule has 0 radical (unpaired) electrons. The first-order chi connectivity index (χ1) is 12.6. The molecule has 0 atom stereocenters. The molecule has 1 N–H and O–H groups in total. The highest BCUT2D eigenvalue weighted by atomic mass is 16.5. The number of hydrogen-bond acceptors (Lipinski definition) is 5. The second kappa shape index (κ2) is 12.8. The zero-order valence-corrected chi connectivity index (χ0v) is 15.9. The molecule has 1 aromatic rings. The van der Waals surface area contributed by atoms with E-state index in [4.69, 9.17) is 14.2 Å². The summed E-state index contributed by atoms with van der Waals surface area (Å²) in [6.07, 6.45) is 9.01. The monoisotopic (exact) mass is 363 g/mol. The van der Waals surface area contributed by atoms with Gasteiger partial charge in [-0.25, -0.2) is 4.79 Å². The minimum Gasteiger partial charge on any atom is -0.497 e. The number of amides is 1. The number of benzene rings is 1. The summed E-state index contributed by atoms with van der Waals surface area (Å²) >= 11 is 0. The molecule has 1 aromatic carbocycles. The first-order valence-electron chi connectivity index (χ1n) is 8.98. The van der Waals surface area contributed by atoms with Crippen LogP contribution in [0.4, 0.5) is 5.69 Å². The minimum absolute atomic E-state index is 0.378. The lowest BCUT2D eigenvalue weighted by molar-refractivity contribution is -0.138. The predicted molar refractivity (Wildman–Crippen MR) is 102 cm³/mol. The fraction of sp³-hybridized carbons (Fsp3) is 0.500. The van der Waals surface area contributed by atoms with Crippen LogP contribution >= 0.6 is 0 Å². The smallest absolute Gasteiger partial charge is 0.330 e. The van der Waals surface area contributed by atoms with Crippen LogP contribution < -0.4 is 14.8 Å². The van der Waals surface area contributed by atoms with Crippen LogP contribution in [-0.4, -0.2) is 32.7 Å². The number of carbonyl (C=O) groups is 2. The van der Waals surface area contributed by atoms with Crippen LogP contribution in [0, 0.1) is 0 Å². The molecule has 0 saturated heterocycles. The van der Waals surface area contributed by atoms with Crippen molar-refractivity contribution in [3.05, 3.63) is 30.4 Å². The van der Waals surface area contributed by atoms with Gasteiger partial charge in [-0.2, -0.15) is 0 Å². The Morgan fingerprint density at radius 3 is 2.42 bits per heavy atom.